The fraction of sp³-hybridized carbons (Fsp3) is 0. The Morgan fingerprint density at radius 3 is 3.23 bits per heavy atom. The monoisotopic (exact) mass is 176 g/mol. The minimum atomic E-state index is -0.480. The summed E-state index contributed by atoms with van der Waals surface area (Å²) in [6.45, 7) is 0. The first-order valence-corrected chi connectivity index (χ1v) is 3.75. The highest BCUT2D eigenvalue weighted by atomic mass is 16.1. The van der Waals surface area contributed by atoms with Crippen LogP contribution in [-0.2, 0) is 4.79 Å². The van der Waals surface area contributed by atoms with Crippen LogP contribution >= 0.6 is 0 Å². The van der Waals surface area contributed by atoms with Gasteiger partial charge in [-0.05, 0) is 12.2 Å². The van der Waals surface area contributed by atoms with Crippen LogP contribution in [0.4, 0.5) is 0 Å². The zero-order valence-corrected chi connectivity index (χ0v) is 6.77. The van der Waals surface area contributed by atoms with Crippen LogP contribution < -0.4 is 11.2 Å². The van der Waals surface area contributed by atoms with Crippen molar-refractivity contribution in [3.63, 3.8) is 0 Å². The molecular weight excluding hydrogens is 168 g/mol. The third-order valence-electron chi connectivity index (χ3n) is 1.69. The number of fused-ring (bicyclic) bond motifs is 1. The molecule has 5 nitrogen and oxygen atoms in total. The Morgan fingerprint density at radius 1 is 1.62 bits per heavy atom. The van der Waals surface area contributed by atoms with E-state index in [0.717, 1.165) is 5.70 Å². The van der Waals surface area contributed by atoms with Crippen molar-refractivity contribution >= 4 is 12.1 Å². The van der Waals surface area contributed by atoms with Crippen LogP contribution in [0.2, 0.25) is 0 Å². The molecule has 0 bridgehead atoms. The van der Waals surface area contributed by atoms with Crippen LogP contribution in [0.1, 0.15) is 0 Å². The van der Waals surface area contributed by atoms with E-state index < -0.39 is 5.91 Å². The number of rotatable bonds is 1. The zero-order valence-electron chi connectivity index (χ0n) is 6.77. The van der Waals surface area contributed by atoms with Crippen LogP contribution in [0.25, 0.3) is 0 Å². The van der Waals surface area contributed by atoms with Crippen LogP contribution in [0.5, 0.6) is 0 Å². The molecule has 2 rings (SSSR count). The highest BCUT2D eigenvalue weighted by Crippen LogP contribution is 2.16. The van der Waals surface area contributed by atoms with E-state index in [1.807, 2.05) is 0 Å². The summed E-state index contributed by atoms with van der Waals surface area (Å²) in [7, 11) is 0. The van der Waals surface area contributed by atoms with Gasteiger partial charge in [-0.3, -0.25) is 20.2 Å². The van der Waals surface area contributed by atoms with Gasteiger partial charge >= 0.3 is 0 Å². The second kappa shape index (κ2) is 2.78. The number of nitrogens with two attached hydrogens (primary N) is 1. The van der Waals surface area contributed by atoms with Crippen molar-refractivity contribution in [3.05, 3.63) is 35.9 Å². The molecule has 0 radical (unpaired) electrons. The van der Waals surface area contributed by atoms with Gasteiger partial charge in [0.2, 0.25) is 0 Å². The van der Waals surface area contributed by atoms with E-state index in [4.69, 9.17) is 5.73 Å². The number of nitrogens with one attached hydrogen (secondary N) is 1. The van der Waals surface area contributed by atoms with E-state index >= 15 is 0 Å². The minimum Gasteiger partial charge on any atom is -0.364 e. The molecule has 2 aliphatic heterocycles. The van der Waals surface area contributed by atoms with Crippen LogP contribution in [-0.4, -0.2) is 17.1 Å². The zero-order chi connectivity index (χ0) is 9.26. The highest BCUT2D eigenvalue weighted by molar-refractivity contribution is 5.92. The van der Waals surface area contributed by atoms with Gasteiger partial charge in [-0.2, -0.15) is 0 Å². The second-order valence-corrected chi connectivity index (χ2v) is 2.60. The lowest BCUT2D eigenvalue weighted by Crippen LogP contribution is -2.31. The number of nitrogens with zero attached hydrogens (tertiary/aromatic N) is 2. The van der Waals surface area contributed by atoms with Gasteiger partial charge in [-0.15, -0.1) is 0 Å². The molecule has 0 saturated carbocycles. The maximum Gasteiger partial charge on any atom is 0.266 e. The maximum absolute atomic E-state index is 10.8. The van der Waals surface area contributed by atoms with Crippen molar-refractivity contribution < 1.29 is 4.79 Å². The molecule has 0 aliphatic carbocycles. The summed E-state index contributed by atoms with van der Waals surface area (Å²) in [6.07, 6.45) is 8.46. The summed E-state index contributed by atoms with van der Waals surface area (Å²) in [4.78, 5) is 14.8. The summed E-state index contributed by atoms with van der Waals surface area (Å²) in [5.41, 5.74) is 9.08. The average Bonchev–Trinajstić information content (AvgIpc) is 2.38. The van der Waals surface area contributed by atoms with Crippen LogP contribution in [0, 0.1) is 0 Å². The molecule has 3 N–H and O–H groups in total. The van der Waals surface area contributed by atoms with E-state index in [-0.39, 0.29) is 0 Å². The first-order valence-electron chi connectivity index (χ1n) is 3.75. The molecule has 0 saturated heterocycles. The van der Waals surface area contributed by atoms with Gasteiger partial charge in [0.1, 0.15) is 5.70 Å². The van der Waals surface area contributed by atoms with Crippen molar-refractivity contribution in [2.24, 2.45) is 10.7 Å². The smallest absolute Gasteiger partial charge is 0.266 e. The lowest BCUT2D eigenvalue weighted by atomic mass is 10.3. The normalized spacial score (nSPS) is 18.6. The van der Waals surface area contributed by atoms with Crippen molar-refractivity contribution in [3.8, 4) is 0 Å². The Labute approximate surface area is 74.9 Å². The number of allylic oxidation sites excluding steroid dienone is 2. The fourth-order valence-electron chi connectivity index (χ4n) is 1.09. The van der Waals surface area contributed by atoms with E-state index in [9.17, 15) is 4.79 Å². The van der Waals surface area contributed by atoms with E-state index in [0.29, 0.717) is 5.70 Å². The molecule has 0 aromatic carbocycles. The number of carbonyl (C=O) groups is 1. The maximum atomic E-state index is 10.8. The summed E-state index contributed by atoms with van der Waals surface area (Å²) in [5, 5.41) is 1.67. The first kappa shape index (κ1) is 7.60. The quantitative estimate of drug-likeness (QED) is 0.572. The second-order valence-electron chi connectivity index (χ2n) is 2.60. The summed E-state index contributed by atoms with van der Waals surface area (Å²) in [5.74, 6) is -0.480. The molecule has 13 heavy (non-hydrogen) atoms. The summed E-state index contributed by atoms with van der Waals surface area (Å²) >= 11 is 0. The molecule has 2 heterocycles. The molecule has 66 valence electrons. The van der Waals surface area contributed by atoms with Gasteiger partial charge < -0.3 is 5.73 Å². The molecule has 1 amide bonds. The highest BCUT2D eigenvalue weighted by Gasteiger charge is 2.19. The third-order valence-corrected chi connectivity index (χ3v) is 1.69. The Morgan fingerprint density at radius 2 is 2.46 bits per heavy atom. The van der Waals surface area contributed by atoms with Gasteiger partial charge in [0.15, 0.2) is 0 Å². The van der Waals surface area contributed by atoms with Gasteiger partial charge in [-0.1, -0.05) is 0 Å². The Kier molecular flexibility index (Phi) is 1.63. The number of hydrazine groups is 1. The average molecular weight is 176 g/mol. The van der Waals surface area contributed by atoms with Crippen molar-refractivity contribution in [1.82, 2.24) is 10.4 Å². The number of hydrogen-bond acceptors (Lipinski definition) is 4. The van der Waals surface area contributed by atoms with Crippen molar-refractivity contribution in [1.29, 1.82) is 0 Å². The first-order chi connectivity index (χ1) is 6.27. The van der Waals surface area contributed by atoms with Gasteiger partial charge in [0, 0.05) is 12.4 Å². The number of aliphatic imine (C=N–C) groups is 1. The van der Waals surface area contributed by atoms with Gasteiger partial charge in [0.25, 0.3) is 5.91 Å². The standard InChI is InChI=1S/C8H8N4O/c9-8(13)7-4-6-5-10-2-1-3-12(6)11-7/h1-5,11H,(H2,9,13). The number of primary amides is 1. The minimum absolute atomic E-state index is 0.369. The van der Waals surface area contributed by atoms with Crippen molar-refractivity contribution in [2.45, 2.75) is 0 Å². The Balaban J connectivity index is 2.31. The third kappa shape index (κ3) is 1.31. The predicted octanol–water partition coefficient (Wildman–Crippen LogP) is -0.385. The topological polar surface area (TPSA) is 70.7 Å². The molecule has 5 heteroatoms. The molecule has 0 fully saturated rings. The molecule has 0 aromatic heterocycles. The molecule has 0 spiro atoms. The van der Waals surface area contributed by atoms with Crippen LogP contribution in [0.3, 0.4) is 0 Å². The molecular formula is C8H8N4O. The van der Waals surface area contributed by atoms with E-state index in [1.54, 1.807) is 35.8 Å². The SMILES string of the molecule is NC(=O)C1=CC2=CN=CC=CN2N1. The van der Waals surface area contributed by atoms with Gasteiger partial charge in [-0.25, -0.2) is 0 Å². The largest absolute Gasteiger partial charge is 0.364 e. The van der Waals surface area contributed by atoms with Crippen LogP contribution in [0.15, 0.2) is 40.9 Å². The van der Waals surface area contributed by atoms with Gasteiger partial charge in [0.05, 0.1) is 11.9 Å². The molecule has 0 atom stereocenters. The Bertz CT molecular complexity index is 364. The summed E-state index contributed by atoms with van der Waals surface area (Å²) in [6, 6.07) is 0. The van der Waals surface area contributed by atoms with E-state index in [2.05, 4.69) is 10.4 Å². The number of amides is 1. The lowest BCUT2D eigenvalue weighted by molar-refractivity contribution is -0.115. The van der Waals surface area contributed by atoms with E-state index in [1.165, 1.54) is 0 Å². The number of carbonyl (C=O) groups excluding carboxylic acids is 1. The summed E-state index contributed by atoms with van der Waals surface area (Å²) < 4.78 is 0. The molecule has 0 unspecified atom stereocenters. The number of hydrogen-bond donors (Lipinski definition) is 2. The lowest BCUT2D eigenvalue weighted by Gasteiger charge is -2.14. The fourth-order valence-corrected chi connectivity index (χ4v) is 1.09. The predicted molar refractivity (Wildman–Crippen MR) is 48.0 cm³/mol. The molecule has 2 aliphatic rings. The van der Waals surface area contributed by atoms with Crippen molar-refractivity contribution in [2.75, 3.05) is 0 Å². The molecule has 0 aromatic rings. The Hall–Kier alpha value is -2.04.